The maximum atomic E-state index is 13.8. The average Bonchev–Trinajstić information content (AvgIpc) is 3.49. The Morgan fingerprint density at radius 1 is 1.22 bits per heavy atom. The van der Waals surface area contributed by atoms with Gasteiger partial charge in [0.2, 0.25) is 0 Å². The lowest BCUT2D eigenvalue weighted by atomic mass is 9.80. The van der Waals surface area contributed by atoms with Crippen LogP contribution in [0.15, 0.2) is 53.1 Å². The molecule has 5 rings (SSSR count). The molecule has 3 heterocycles. The quantitative estimate of drug-likeness (QED) is 0.633. The van der Waals surface area contributed by atoms with Gasteiger partial charge in [0.1, 0.15) is 11.8 Å². The predicted molar refractivity (Wildman–Crippen MR) is 119 cm³/mol. The minimum atomic E-state index is -1.14. The number of carbonyl (C=O) groups is 2. The molecule has 0 aliphatic carbocycles. The van der Waals surface area contributed by atoms with Crippen LogP contribution in [0.4, 0.5) is 5.69 Å². The zero-order chi connectivity index (χ0) is 22.5. The predicted octanol–water partition coefficient (Wildman–Crippen LogP) is 3.79. The fourth-order valence-electron chi connectivity index (χ4n) is 5.30. The zero-order valence-corrected chi connectivity index (χ0v) is 18.3. The van der Waals surface area contributed by atoms with E-state index in [1.807, 2.05) is 67.3 Å². The SMILES string of the molecule is COC(=O)C1CCCN1C1(c2ccccc2)C(=O)Nc2ccc(-c3c(C)noc3C)cc21. The fraction of sp³-hybridized carbons (Fsp3) is 0.320. The topological polar surface area (TPSA) is 84.7 Å². The molecule has 0 saturated carbocycles. The summed E-state index contributed by atoms with van der Waals surface area (Å²) < 4.78 is 10.5. The number of hydrogen-bond acceptors (Lipinski definition) is 6. The normalized spacial score (nSPS) is 22.6. The fourth-order valence-corrected chi connectivity index (χ4v) is 5.30. The summed E-state index contributed by atoms with van der Waals surface area (Å²) in [5.41, 5.74) is 3.88. The molecule has 164 valence electrons. The smallest absolute Gasteiger partial charge is 0.323 e. The Morgan fingerprint density at radius 2 is 2.00 bits per heavy atom. The molecule has 1 N–H and O–H groups in total. The van der Waals surface area contributed by atoms with Gasteiger partial charge in [-0.2, -0.15) is 0 Å². The van der Waals surface area contributed by atoms with Crippen molar-refractivity contribution in [2.45, 2.75) is 38.3 Å². The van der Waals surface area contributed by atoms with E-state index in [4.69, 9.17) is 9.26 Å². The molecule has 1 aromatic heterocycles. The van der Waals surface area contributed by atoms with Gasteiger partial charge in [0.15, 0.2) is 5.54 Å². The van der Waals surface area contributed by atoms with Crippen molar-refractivity contribution in [2.24, 2.45) is 0 Å². The highest BCUT2D eigenvalue weighted by molar-refractivity contribution is 6.09. The van der Waals surface area contributed by atoms with Gasteiger partial charge in [-0.25, -0.2) is 0 Å². The van der Waals surface area contributed by atoms with Crippen molar-refractivity contribution in [2.75, 3.05) is 19.0 Å². The number of benzene rings is 2. The molecule has 7 heteroatoms. The Labute approximate surface area is 186 Å². The number of nitrogens with one attached hydrogen (secondary N) is 1. The molecule has 3 aromatic rings. The van der Waals surface area contributed by atoms with Crippen LogP contribution >= 0.6 is 0 Å². The Morgan fingerprint density at radius 3 is 2.69 bits per heavy atom. The number of fused-ring (bicyclic) bond motifs is 1. The van der Waals surface area contributed by atoms with E-state index >= 15 is 0 Å². The summed E-state index contributed by atoms with van der Waals surface area (Å²) in [7, 11) is 1.40. The van der Waals surface area contributed by atoms with Gasteiger partial charge in [-0.05, 0) is 49.9 Å². The number of anilines is 1. The van der Waals surface area contributed by atoms with Gasteiger partial charge < -0.3 is 14.6 Å². The van der Waals surface area contributed by atoms with Crippen molar-refractivity contribution in [1.82, 2.24) is 10.1 Å². The van der Waals surface area contributed by atoms with Crippen LogP contribution in [-0.4, -0.2) is 41.6 Å². The third-order valence-electron chi connectivity index (χ3n) is 6.66. The van der Waals surface area contributed by atoms with Gasteiger partial charge in [-0.3, -0.25) is 14.5 Å². The summed E-state index contributed by atoms with van der Waals surface area (Å²) in [5.74, 6) is 0.241. The second-order valence-corrected chi connectivity index (χ2v) is 8.36. The Balaban J connectivity index is 1.77. The van der Waals surface area contributed by atoms with E-state index in [2.05, 4.69) is 10.5 Å². The van der Waals surface area contributed by atoms with Gasteiger partial charge in [0.05, 0.1) is 12.8 Å². The molecule has 0 bridgehead atoms. The lowest BCUT2D eigenvalue weighted by molar-refractivity contribution is -0.148. The molecule has 2 aliphatic heterocycles. The lowest BCUT2D eigenvalue weighted by Crippen LogP contribution is -2.55. The summed E-state index contributed by atoms with van der Waals surface area (Å²) in [6, 6.07) is 15.1. The molecule has 2 unspecified atom stereocenters. The van der Waals surface area contributed by atoms with Crippen LogP contribution in [0.25, 0.3) is 11.1 Å². The maximum absolute atomic E-state index is 13.8. The van der Waals surface area contributed by atoms with E-state index in [1.54, 1.807) is 0 Å². The molecule has 0 spiro atoms. The van der Waals surface area contributed by atoms with Gasteiger partial charge in [0.25, 0.3) is 5.91 Å². The monoisotopic (exact) mass is 431 g/mol. The highest BCUT2D eigenvalue weighted by atomic mass is 16.5. The summed E-state index contributed by atoms with van der Waals surface area (Å²) in [6.07, 6.45) is 1.45. The summed E-state index contributed by atoms with van der Waals surface area (Å²) in [6.45, 7) is 4.39. The van der Waals surface area contributed by atoms with Gasteiger partial charge in [0, 0.05) is 23.4 Å². The summed E-state index contributed by atoms with van der Waals surface area (Å²) in [4.78, 5) is 28.5. The van der Waals surface area contributed by atoms with E-state index in [-0.39, 0.29) is 11.9 Å². The standard InChI is InChI=1S/C25H25N3O4/c1-15-22(16(2)32-27-15)17-11-12-20-19(14-17)25(24(30)26-20,18-8-5-4-6-9-18)28-13-7-10-21(28)23(29)31-3/h4-6,8-9,11-12,14,21H,7,10,13H2,1-3H3,(H,26,30). The first kappa shape index (κ1) is 20.5. The minimum Gasteiger partial charge on any atom is -0.468 e. The van der Waals surface area contributed by atoms with Gasteiger partial charge in [-0.1, -0.05) is 41.6 Å². The number of hydrogen-bond donors (Lipinski definition) is 1. The van der Waals surface area contributed by atoms with Gasteiger partial charge >= 0.3 is 5.97 Å². The average molecular weight is 431 g/mol. The number of rotatable bonds is 4. The number of methoxy groups -OCH3 is 1. The van der Waals surface area contributed by atoms with Crippen molar-refractivity contribution in [3.8, 4) is 11.1 Å². The van der Waals surface area contributed by atoms with Crippen molar-refractivity contribution >= 4 is 17.6 Å². The number of amides is 1. The number of esters is 1. The lowest BCUT2D eigenvalue weighted by Gasteiger charge is -2.40. The number of ether oxygens (including phenoxy) is 1. The second kappa shape index (κ2) is 7.60. The first-order valence-corrected chi connectivity index (χ1v) is 10.8. The van der Waals surface area contributed by atoms with Gasteiger partial charge in [-0.15, -0.1) is 0 Å². The highest BCUT2D eigenvalue weighted by Crippen LogP contribution is 2.49. The van der Waals surface area contributed by atoms with Crippen LogP contribution in [-0.2, 0) is 19.9 Å². The number of aryl methyl sites for hydroxylation is 2. The number of likely N-dealkylation sites (tertiary alicyclic amines) is 1. The van der Waals surface area contributed by atoms with Crippen molar-refractivity contribution in [3.63, 3.8) is 0 Å². The van der Waals surface area contributed by atoms with Crippen molar-refractivity contribution in [3.05, 3.63) is 71.1 Å². The molecule has 2 aliphatic rings. The summed E-state index contributed by atoms with van der Waals surface area (Å²) >= 11 is 0. The first-order valence-electron chi connectivity index (χ1n) is 10.8. The number of nitrogens with zero attached hydrogens (tertiary/aromatic N) is 2. The van der Waals surface area contributed by atoms with E-state index in [1.165, 1.54) is 7.11 Å². The largest absolute Gasteiger partial charge is 0.468 e. The van der Waals surface area contributed by atoms with Crippen LogP contribution in [0.1, 0.15) is 35.4 Å². The zero-order valence-electron chi connectivity index (χ0n) is 18.3. The Kier molecular flexibility index (Phi) is 4.86. The van der Waals surface area contributed by atoms with E-state index in [9.17, 15) is 9.59 Å². The molecule has 1 saturated heterocycles. The molecule has 0 radical (unpaired) electrons. The molecule has 2 aromatic carbocycles. The molecular formula is C25H25N3O4. The molecule has 2 atom stereocenters. The van der Waals surface area contributed by atoms with E-state index in [0.29, 0.717) is 13.0 Å². The molecular weight excluding hydrogens is 406 g/mol. The third kappa shape index (κ3) is 2.81. The Hall–Kier alpha value is -3.45. The van der Waals surface area contributed by atoms with Crippen molar-refractivity contribution < 1.29 is 18.8 Å². The van der Waals surface area contributed by atoms with Crippen LogP contribution in [0.3, 0.4) is 0 Å². The second-order valence-electron chi connectivity index (χ2n) is 8.36. The Bertz CT molecular complexity index is 1180. The van der Waals surface area contributed by atoms with Crippen molar-refractivity contribution in [1.29, 1.82) is 0 Å². The molecule has 1 fully saturated rings. The third-order valence-corrected chi connectivity index (χ3v) is 6.66. The molecule has 32 heavy (non-hydrogen) atoms. The molecule has 1 amide bonds. The van der Waals surface area contributed by atoms with Crippen LogP contribution in [0.2, 0.25) is 0 Å². The van der Waals surface area contributed by atoms with E-state index in [0.717, 1.165) is 45.8 Å². The highest BCUT2D eigenvalue weighted by Gasteiger charge is 2.57. The number of carbonyl (C=O) groups excluding carboxylic acids is 2. The maximum Gasteiger partial charge on any atom is 0.323 e. The van der Waals surface area contributed by atoms with Crippen LogP contribution < -0.4 is 5.32 Å². The first-order chi connectivity index (χ1) is 15.5. The minimum absolute atomic E-state index is 0.162. The van der Waals surface area contributed by atoms with Crippen LogP contribution in [0, 0.1) is 13.8 Å². The van der Waals surface area contributed by atoms with Crippen LogP contribution in [0.5, 0.6) is 0 Å². The molecule has 7 nitrogen and oxygen atoms in total. The summed E-state index contributed by atoms with van der Waals surface area (Å²) in [5, 5.41) is 7.16. The number of aromatic nitrogens is 1. The van der Waals surface area contributed by atoms with E-state index < -0.39 is 11.6 Å².